The minimum Gasteiger partial charge on any atom is -0.494 e. The number of methoxy groups -OCH3 is 1. The maximum atomic E-state index is 14.3. The maximum absolute atomic E-state index is 14.3. The summed E-state index contributed by atoms with van der Waals surface area (Å²) in [6.07, 6.45) is 0. The van der Waals surface area contributed by atoms with Crippen molar-refractivity contribution >= 4 is 45.1 Å². The number of nitrogens with one attached hydrogen (secondary N) is 2. The number of rotatable bonds is 6. The number of pyridine rings is 1. The van der Waals surface area contributed by atoms with Crippen LogP contribution in [0.4, 0.5) is 26.0 Å². The second-order valence-electron chi connectivity index (χ2n) is 5.74. The standard InChI is InChI=1S/C19H16BrF2N3O2S/c1-25-17(26)10-16(27-2)18(24-28-13-6-4-12(21)5-7-13)19(25)23-15-8-3-11(20)9-14(15)22/h3-10,23-24H,1-2H3. The molecule has 2 aromatic carbocycles. The molecular weight excluding hydrogens is 452 g/mol. The number of halogens is 3. The lowest BCUT2D eigenvalue weighted by molar-refractivity contribution is 0.415. The zero-order valence-electron chi connectivity index (χ0n) is 14.9. The molecule has 9 heteroatoms. The van der Waals surface area contributed by atoms with Crippen molar-refractivity contribution in [2.75, 3.05) is 17.1 Å². The highest BCUT2D eigenvalue weighted by Gasteiger charge is 2.17. The molecule has 0 amide bonds. The predicted octanol–water partition coefficient (Wildman–Crippen LogP) is 5.30. The summed E-state index contributed by atoms with van der Waals surface area (Å²) < 4.78 is 37.8. The summed E-state index contributed by atoms with van der Waals surface area (Å²) in [6, 6.07) is 11.8. The summed E-state index contributed by atoms with van der Waals surface area (Å²) >= 11 is 4.42. The summed E-state index contributed by atoms with van der Waals surface area (Å²) in [4.78, 5) is 13.0. The fraction of sp³-hybridized carbons (Fsp3) is 0.105. The number of anilines is 3. The Morgan fingerprint density at radius 2 is 1.82 bits per heavy atom. The topological polar surface area (TPSA) is 55.3 Å². The van der Waals surface area contributed by atoms with Crippen molar-refractivity contribution < 1.29 is 13.5 Å². The zero-order valence-corrected chi connectivity index (χ0v) is 17.3. The number of ether oxygens (including phenoxy) is 1. The monoisotopic (exact) mass is 467 g/mol. The van der Waals surface area contributed by atoms with E-state index in [1.54, 1.807) is 31.3 Å². The van der Waals surface area contributed by atoms with Crippen LogP contribution < -0.4 is 20.3 Å². The summed E-state index contributed by atoms with van der Waals surface area (Å²) in [7, 11) is 3.00. The van der Waals surface area contributed by atoms with Crippen LogP contribution in [0.1, 0.15) is 0 Å². The maximum Gasteiger partial charge on any atom is 0.255 e. The van der Waals surface area contributed by atoms with Gasteiger partial charge in [-0.2, -0.15) is 0 Å². The Labute approximate surface area is 173 Å². The third-order valence-corrected chi connectivity index (χ3v) is 5.20. The molecule has 0 unspecified atom stereocenters. The third-order valence-electron chi connectivity index (χ3n) is 3.89. The van der Waals surface area contributed by atoms with Crippen molar-refractivity contribution in [2.45, 2.75) is 4.90 Å². The molecule has 0 aliphatic heterocycles. The first kappa shape index (κ1) is 20.2. The van der Waals surface area contributed by atoms with E-state index >= 15 is 0 Å². The van der Waals surface area contributed by atoms with E-state index in [0.717, 1.165) is 4.90 Å². The Kier molecular flexibility index (Phi) is 6.25. The average molecular weight is 468 g/mol. The van der Waals surface area contributed by atoms with Crippen LogP contribution in [0.5, 0.6) is 5.75 Å². The fourth-order valence-corrected chi connectivity index (χ4v) is 3.44. The van der Waals surface area contributed by atoms with Crippen LogP contribution in [-0.4, -0.2) is 11.7 Å². The second kappa shape index (κ2) is 8.66. The van der Waals surface area contributed by atoms with Crippen molar-refractivity contribution in [3.8, 4) is 5.75 Å². The van der Waals surface area contributed by atoms with Gasteiger partial charge in [-0.15, -0.1) is 0 Å². The number of benzene rings is 2. The molecule has 0 saturated heterocycles. The van der Waals surface area contributed by atoms with Crippen molar-refractivity contribution in [3.63, 3.8) is 0 Å². The molecule has 1 heterocycles. The van der Waals surface area contributed by atoms with Crippen molar-refractivity contribution in [2.24, 2.45) is 7.05 Å². The Morgan fingerprint density at radius 1 is 1.11 bits per heavy atom. The molecule has 0 atom stereocenters. The van der Waals surface area contributed by atoms with Gasteiger partial charge in [-0.25, -0.2) is 8.78 Å². The summed E-state index contributed by atoms with van der Waals surface area (Å²) in [5.41, 5.74) is 0.316. The van der Waals surface area contributed by atoms with Crippen LogP contribution in [0, 0.1) is 11.6 Å². The normalized spacial score (nSPS) is 10.6. The van der Waals surface area contributed by atoms with Gasteiger partial charge in [0.05, 0.1) is 12.8 Å². The van der Waals surface area contributed by atoms with E-state index in [-0.39, 0.29) is 22.8 Å². The molecule has 3 rings (SSSR count). The average Bonchev–Trinajstić information content (AvgIpc) is 2.67. The number of hydrogen-bond donors (Lipinski definition) is 2. The van der Waals surface area contributed by atoms with E-state index in [9.17, 15) is 13.6 Å². The van der Waals surface area contributed by atoms with Gasteiger partial charge in [0.25, 0.3) is 5.56 Å². The van der Waals surface area contributed by atoms with Gasteiger partial charge in [-0.05, 0) is 54.4 Å². The first-order valence-electron chi connectivity index (χ1n) is 8.07. The lowest BCUT2D eigenvalue weighted by atomic mass is 10.3. The molecule has 28 heavy (non-hydrogen) atoms. The molecule has 5 nitrogen and oxygen atoms in total. The Morgan fingerprint density at radius 3 is 2.46 bits per heavy atom. The van der Waals surface area contributed by atoms with E-state index in [1.165, 1.54) is 47.9 Å². The van der Waals surface area contributed by atoms with Gasteiger partial charge >= 0.3 is 0 Å². The quantitative estimate of drug-likeness (QED) is 0.481. The fourth-order valence-electron chi connectivity index (χ4n) is 2.41. The molecule has 0 radical (unpaired) electrons. The van der Waals surface area contributed by atoms with Gasteiger partial charge in [0.15, 0.2) is 5.75 Å². The van der Waals surface area contributed by atoms with Crippen molar-refractivity contribution in [3.05, 3.63) is 75.0 Å². The highest BCUT2D eigenvalue weighted by atomic mass is 79.9. The van der Waals surface area contributed by atoms with E-state index in [0.29, 0.717) is 16.0 Å². The molecule has 0 aliphatic rings. The van der Waals surface area contributed by atoms with E-state index in [2.05, 4.69) is 26.0 Å². The van der Waals surface area contributed by atoms with E-state index in [1.807, 2.05) is 0 Å². The van der Waals surface area contributed by atoms with Crippen LogP contribution in [0.15, 0.2) is 62.7 Å². The van der Waals surface area contributed by atoms with E-state index in [4.69, 9.17) is 4.74 Å². The predicted molar refractivity (Wildman–Crippen MR) is 111 cm³/mol. The molecular formula is C19H16BrF2N3O2S. The smallest absolute Gasteiger partial charge is 0.255 e. The van der Waals surface area contributed by atoms with Gasteiger partial charge in [-0.1, -0.05) is 15.9 Å². The minimum absolute atomic E-state index is 0.196. The van der Waals surface area contributed by atoms with Gasteiger partial charge in [-0.3, -0.25) is 9.36 Å². The first-order valence-corrected chi connectivity index (χ1v) is 9.68. The number of hydrogen-bond acceptors (Lipinski definition) is 5. The second-order valence-corrected chi connectivity index (χ2v) is 7.54. The lowest BCUT2D eigenvalue weighted by Gasteiger charge is -2.19. The van der Waals surface area contributed by atoms with Crippen LogP contribution in [0.3, 0.4) is 0 Å². The van der Waals surface area contributed by atoms with Gasteiger partial charge in [0, 0.05) is 22.5 Å². The summed E-state index contributed by atoms with van der Waals surface area (Å²) in [5, 5.41) is 2.95. The molecule has 3 aromatic rings. The number of aromatic nitrogens is 1. The number of nitrogens with zero attached hydrogens (tertiary/aromatic N) is 1. The minimum atomic E-state index is -0.484. The van der Waals surface area contributed by atoms with E-state index < -0.39 is 5.82 Å². The zero-order chi connectivity index (χ0) is 20.3. The molecule has 0 bridgehead atoms. The Hall–Kier alpha value is -2.52. The van der Waals surface area contributed by atoms with Gasteiger partial charge < -0.3 is 14.8 Å². The largest absolute Gasteiger partial charge is 0.494 e. The molecule has 146 valence electrons. The Balaban J connectivity index is 2.00. The van der Waals surface area contributed by atoms with Crippen LogP contribution in [-0.2, 0) is 7.05 Å². The highest BCUT2D eigenvalue weighted by molar-refractivity contribution is 9.10. The molecule has 0 saturated carbocycles. The summed E-state index contributed by atoms with van der Waals surface area (Å²) in [5.74, 6) is -0.211. The summed E-state index contributed by atoms with van der Waals surface area (Å²) in [6.45, 7) is 0. The molecule has 2 N–H and O–H groups in total. The van der Waals surface area contributed by atoms with Crippen LogP contribution >= 0.6 is 27.9 Å². The first-order chi connectivity index (χ1) is 13.4. The Bertz CT molecular complexity index is 1060. The molecule has 0 spiro atoms. The SMILES string of the molecule is COc1cc(=O)n(C)c(Nc2ccc(Br)cc2F)c1NSc1ccc(F)cc1. The van der Waals surface area contributed by atoms with Crippen molar-refractivity contribution in [1.82, 2.24) is 4.57 Å². The third kappa shape index (κ3) is 4.48. The molecule has 0 aliphatic carbocycles. The molecule has 0 fully saturated rings. The lowest BCUT2D eigenvalue weighted by Crippen LogP contribution is -2.20. The van der Waals surface area contributed by atoms with Crippen LogP contribution in [0.25, 0.3) is 0 Å². The van der Waals surface area contributed by atoms with Crippen molar-refractivity contribution in [1.29, 1.82) is 0 Å². The highest BCUT2D eigenvalue weighted by Crippen LogP contribution is 2.36. The van der Waals surface area contributed by atoms with Gasteiger partial charge in [0.1, 0.15) is 23.1 Å². The van der Waals surface area contributed by atoms with Gasteiger partial charge in [0.2, 0.25) is 0 Å². The molecule has 1 aromatic heterocycles. The van der Waals surface area contributed by atoms with Crippen LogP contribution in [0.2, 0.25) is 0 Å².